The van der Waals surface area contributed by atoms with E-state index in [0.29, 0.717) is 16.5 Å². The first kappa shape index (κ1) is 18.8. The van der Waals surface area contributed by atoms with Gasteiger partial charge in [-0.25, -0.2) is 14.1 Å². The number of nitrogens with zero attached hydrogens (tertiary/aromatic N) is 3. The number of para-hydroxylation sites is 1. The SMILES string of the molecule is Cc1ccc(Cl)cc1-n1nc(C(=O)Nc2ccccc2F)nc1-c1ccccc1. The summed E-state index contributed by atoms with van der Waals surface area (Å²) in [6, 6.07) is 20.7. The van der Waals surface area contributed by atoms with E-state index in [1.165, 1.54) is 12.1 Å². The van der Waals surface area contributed by atoms with Crippen LogP contribution in [0.3, 0.4) is 0 Å². The van der Waals surface area contributed by atoms with Crippen molar-refractivity contribution in [1.29, 1.82) is 0 Å². The summed E-state index contributed by atoms with van der Waals surface area (Å²) in [6.07, 6.45) is 0. The van der Waals surface area contributed by atoms with Crippen molar-refractivity contribution in [3.05, 3.63) is 95.0 Å². The first-order chi connectivity index (χ1) is 14.0. The van der Waals surface area contributed by atoms with Crippen LogP contribution in [0.4, 0.5) is 10.1 Å². The quantitative estimate of drug-likeness (QED) is 0.501. The summed E-state index contributed by atoms with van der Waals surface area (Å²) in [4.78, 5) is 17.1. The van der Waals surface area contributed by atoms with Crippen LogP contribution < -0.4 is 5.32 Å². The lowest BCUT2D eigenvalue weighted by Gasteiger charge is -2.09. The van der Waals surface area contributed by atoms with Crippen molar-refractivity contribution in [2.75, 3.05) is 5.32 Å². The Hall–Kier alpha value is -3.51. The molecule has 0 saturated carbocycles. The minimum absolute atomic E-state index is 0.0639. The van der Waals surface area contributed by atoms with E-state index in [4.69, 9.17) is 11.6 Å². The largest absolute Gasteiger partial charge is 0.317 e. The van der Waals surface area contributed by atoms with E-state index < -0.39 is 11.7 Å². The first-order valence-electron chi connectivity index (χ1n) is 8.88. The normalized spacial score (nSPS) is 10.7. The molecule has 0 spiro atoms. The summed E-state index contributed by atoms with van der Waals surface area (Å²) in [5.74, 6) is -0.735. The molecule has 0 saturated heterocycles. The molecule has 144 valence electrons. The number of aryl methyl sites for hydroxylation is 1. The van der Waals surface area contributed by atoms with Gasteiger partial charge in [0.15, 0.2) is 5.82 Å². The highest BCUT2D eigenvalue weighted by Crippen LogP contribution is 2.25. The molecule has 0 aliphatic rings. The van der Waals surface area contributed by atoms with E-state index in [1.54, 1.807) is 28.9 Å². The Morgan fingerprint density at radius 2 is 1.76 bits per heavy atom. The predicted octanol–water partition coefficient (Wildman–Crippen LogP) is 5.29. The van der Waals surface area contributed by atoms with Crippen molar-refractivity contribution in [3.8, 4) is 17.1 Å². The van der Waals surface area contributed by atoms with Gasteiger partial charge in [-0.15, -0.1) is 5.10 Å². The Bertz CT molecular complexity index is 1190. The van der Waals surface area contributed by atoms with Crippen LogP contribution in [-0.2, 0) is 0 Å². The van der Waals surface area contributed by atoms with E-state index in [1.807, 2.05) is 43.3 Å². The topological polar surface area (TPSA) is 59.8 Å². The number of anilines is 1. The average Bonchev–Trinajstić information content (AvgIpc) is 3.17. The molecule has 1 amide bonds. The minimum atomic E-state index is -0.606. The maximum absolute atomic E-state index is 13.9. The van der Waals surface area contributed by atoms with Gasteiger partial charge in [0, 0.05) is 10.6 Å². The van der Waals surface area contributed by atoms with Crippen molar-refractivity contribution in [1.82, 2.24) is 14.8 Å². The van der Waals surface area contributed by atoms with Crippen LogP contribution >= 0.6 is 11.6 Å². The molecule has 29 heavy (non-hydrogen) atoms. The molecule has 0 atom stereocenters. The standard InChI is InChI=1S/C22H16ClFN4O/c1-14-11-12-16(23)13-19(14)28-21(15-7-3-2-4-8-15)26-20(27-28)22(29)25-18-10-6-5-9-17(18)24/h2-13H,1H3,(H,25,29). The summed E-state index contributed by atoms with van der Waals surface area (Å²) in [7, 11) is 0. The summed E-state index contributed by atoms with van der Waals surface area (Å²) >= 11 is 6.18. The average molecular weight is 407 g/mol. The van der Waals surface area contributed by atoms with Crippen LogP contribution in [0.25, 0.3) is 17.1 Å². The van der Waals surface area contributed by atoms with Crippen LogP contribution in [-0.4, -0.2) is 20.7 Å². The monoisotopic (exact) mass is 406 g/mol. The lowest BCUT2D eigenvalue weighted by molar-refractivity contribution is 0.101. The third-order valence-electron chi connectivity index (χ3n) is 4.36. The van der Waals surface area contributed by atoms with Crippen molar-refractivity contribution >= 4 is 23.2 Å². The fourth-order valence-corrected chi connectivity index (χ4v) is 3.07. The second-order valence-electron chi connectivity index (χ2n) is 6.40. The van der Waals surface area contributed by atoms with Gasteiger partial charge < -0.3 is 5.32 Å². The summed E-state index contributed by atoms with van der Waals surface area (Å²) < 4.78 is 15.5. The number of benzene rings is 3. The highest BCUT2D eigenvalue weighted by atomic mass is 35.5. The van der Waals surface area contributed by atoms with E-state index in [0.717, 1.165) is 11.1 Å². The van der Waals surface area contributed by atoms with Crippen LogP contribution in [0.5, 0.6) is 0 Å². The second kappa shape index (κ2) is 7.85. The molecule has 0 bridgehead atoms. The molecule has 4 rings (SSSR count). The molecule has 4 aromatic rings. The van der Waals surface area contributed by atoms with Crippen molar-refractivity contribution in [2.45, 2.75) is 6.92 Å². The highest BCUT2D eigenvalue weighted by Gasteiger charge is 2.20. The van der Waals surface area contributed by atoms with Gasteiger partial charge in [-0.1, -0.05) is 60.1 Å². The summed E-state index contributed by atoms with van der Waals surface area (Å²) in [6.45, 7) is 1.92. The van der Waals surface area contributed by atoms with Crippen LogP contribution in [0, 0.1) is 12.7 Å². The highest BCUT2D eigenvalue weighted by molar-refractivity contribution is 6.30. The van der Waals surface area contributed by atoms with Crippen LogP contribution in [0.2, 0.25) is 5.02 Å². The number of hydrogen-bond donors (Lipinski definition) is 1. The summed E-state index contributed by atoms with van der Waals surface area (Å²) in [5.41, 5.74) is 2.46. The maximum Gasteiger partial charge on any atom is 0.295 e. The van der Waals surface area contributed by atoms with Gasteiger partial charge in [0.05, 0.1) is 11.4 Å². The van der Waals surface area contributed by atoms with Gasteiger partial charge in [0.1, 0.15) is 5.82 Å². The summed E-state index contributed by atoms with van der Waals surface area (Å²) in [5, 5.41) is 7.45. The first-order valence-corrected chi connectivity index (χ1v) is 9.25. The maximum atomic E-state index is 13.9. The molecule has 0 aliphatic carbocycles. The number of halogens is 2. The number of carbonyl (C=O) groups is 1. The molecule has 5 nitrogen and oxygen atoms in total. The Morgan fingerprint density at radius 1 is 1.03 bits per heavy atom. The van der Waals surface area contributed by atoms with E-state index in [-0.39, 0.29) is 11.5 Å². The molecule has 3 aromatic carbocycles. The molecule has 1 aromatic heterocycles. The Labute approximate surface area is 171 Å². The number of amides is 1. The molecule has 0 fully saturated rings. The minimum Gasteiger partial charge on any atom is -0.317 e. The second-order valence-corrected chi connectivity index (χ2v) is 6.84. The Morgan fingerprint density at radius 3 is 2.52 bits per heavy atom. The lowest BCUT2D eigenvalue weighted by Crippen LogP contribution is -2.15. The molecule has 1 heterocycles. The number of rotatable bonds is 4. The molecular weight excluding hydrogens is 391 g/mol. The van der Waals surface area contributed by atoms with E-state index >= 15 is 0 Å². The van der Waals surface area contributed by atoms with Gasteiger partial charge in [-0.2, -0.15) is 0 Å². The van der Waals surface area contributed by atoms with Crippen molar-refractivity contribution in [3.63, 3.8) is 0 Å². The van der Waals surface area contributed by atoms with Gasteiger partial charge in [-0.3, -0.25) is 4.79 Å². The third-order valence-corrected chi connectivity index (χ3v) is 4.60. The Balaban J connectivity index is 1.81. The van der Waals surface area contributed by atoms with Crippen molar-refractivity contribution in [2.24, 2.45) is 0 Å². The van der Waals surface area contributed by atoms with Crippen LogP contribution in [0.15, 0.2) is 72.8 Å². The van der Waals surface area contributed by atoms with Crippen molar-refractivity contribution < 1.29 is 9.18 Å². The van der Waals surface area contributed by atoms with Crippen LogP contribution in [0.1, 0.15) is 16.2 Å². The molecule has 0 unspecified atom stereocenters. The van der Waals surface area contributed by atoms with E-state index in [2.05, 4.69) is 15.4 Å². The number of hydrogen-bond acceptors (Lipinski definition) is 3. The smallest absolute Gasteiger partial charge is 0.295 e. The van der Waals surface area contributed by atoms with E-state index in [9.17, 15) is 9.18 Å². The third kappa shape index (κ3) is 3.88. The van der Waals surface area contributed by atoms with Gasteiger partial charge in [0.25, 0.3) is 5.91 Å². The molecule has 0 radical (unpaired) electrons. The number of aromatic nitrogens is 3. The van der Waals surface area contributed by atoms with Gasteiger partial charge in [-0.05, 0) is 36.8 Å². The zero-order chi connectivity index (χ0) is 20.4. The predicted molar refractivity (Wildman–Crippen MR) is 111 cm³/mol. The molecule has 7 heteroatoms. The number of carbonyl (C=O) groups excluding carboxylic acids is 1. The fraction of sp³-hybridized carbons (Fsp3) is 0.0455. The van der Waals surface area contributed by atoms with Gasteiger partial charge >= 0.3 is 0 Å². The molecular formula is C22H16ClFN4O. The Kier molecular flexibility index (Phi) is 5.10. The zero-order valence-corrected chi connectivity index (χ0v) is 16.2. The van der Waals surface area contributed by atoms with Gasteiger partial charge in [0.2, 0.25) is 5.82 Å². The zero-order valence-electron chi connectivity index (χ0n) is 15.4. The fourth-order valence-electron chi connectivity index (χ4n) is 2.90. The molecule has 1 N–H and O–H groups in total. The number of nitrogens with one attached hydrogen (secondary N) is 1. The lowest BCUT2D eigenvalue weighted by atomic mass is 10.2. The molecule has 0 aliphatic heterocycles.